The Hall–Kier alpha value is -3.47. The summed E-state index contributed by atoms with van der Waals surface area (Å²) in [5, 5.41) is 24.8. The number of rotatable bonds is 12. The van der Waals surface area contributed by atoms with Crippen molar-refractivity contribution in [2.45, 2.75) is 44.8 Å². The second-order valence-electron chi connectivity index (χ2n) is 7.29. The molecule has 0 aromatic heterocycles. The first kappa shape index (κ1) is 25.6. The Morgan fingerprint density at radius 2 is 1.45 bits per heavy atom. The molecule has 11 heteroatoms. The summed E-state index contributed by atoms with van der Waals surface area (Å²) < 4.78 is 0. The van der Waals surface area contributed by atoms with Gasteiger partial charge in [0.1, 0.15) is 18.6 Å². The van der Waals surface area contributed by atoms with Crippen molar-refractivity contribution in [3.8, 4) is 0 Å². The van der Waals surface area contributed by atoms with Crippen LogP contribution in [0.2, 0.25) is 0 Å². The highest BCUT2D eigenvalue weighted by molar-refractivity contribution is 5.95. The van der Waals surface area contributed by atoms with Gasteiger partial charge < -0.3 is 31.9 Å². The highest BCUT2D eigenvalue weighted by Crippen LogP contribution is 2.06. The minimum absolute atomic E-state index is 0.0251. The van der Waals surface area contributed by atoms with Crippen molar-refractivity contribution in [3.63, 3.8) is 0 Å². The molecule has 170 valence electrons. The predicted octanol–water partition coefficient (Wildman–Crippen LogP) is -1.14. The molecule has 3 atom stereocenters. The molecule has 0 aliphatic heterocycles. The van der Waals surface area contributed by atoms with Gasteiger partial charge in [-0.05, 0) is 11.5 Å². The summed E-state index contributed by atoms with van der Waals surface area (Å²) >= 11 is 0. The minimum Gasteiger partial charge on any atom is -0.481 e. The first-order valence-electron chi connectivity index (χ1n) is 9.62. The molecule has 0 aliphatic rings. The van der Waals surface area contributed by atoms with Gasteiger partial charge in [0.15, 0.2) is 0 Å². The Labute approximate surface area is 179 Å². The Bertz CT molecular complexity index is 798. The summed E-state index contributed by atoms with van der Waals surface area (Å²) in [6.07, 6.45) is -0.700. The molecular formula is C20H28N4O7. The second-order valence-corrected chi connectivity index (χ2v) is 7.29. The van der Waals surface area contributed by atoms with E-state index in [-0.39, 0.29) is 12.3 Å². The van der Waals surface area contributed by atoms with Crippen LogP contribution in [0.5, 0.6) is 0 Å². The smallest absolute Gasteiger partial charge is 0.322 e. The quantitative estimate of drug-likeness (QED) is 0.237. The van der Waals surface area contributed by atoms with Crippen molar-refractivity contribution in [1.29, 1.82) is 0 Å². The molecule has 0 saturated carbocycles. The third-order valence-electron chi connectivity index (χ3n) is 4.36. The van der Waals surface area contributed by atoms with E-state index in [1.807, 2.05) is 0 Å². The van der Waals surface area contributed by atoms with Crippen molar-refractivity contribution in [3.05, 3.63) is 35.9 Å². The van der Waals surface area contributed by atoms with Crippen molar-refractivity contribution in [2.24, 2.45) is 11.7 Å². The molecular weight excluding hydrogens is 408 g/mol. The molecule has 0 radical (unpaired) electrons. The van der Waals surface area contributed by atoms with Crippen LogP contribution in [0.4, 0.5) is 0 Å². The van der Waals surface area contributed by atoms with Gasteiger partial charge in [0.25, 0.3) is 0 Å². The Morgan fingerprint density at radius 1 is 0.871 bits per heavy atom. The third kappa shape index (κ3) is 9.26. The lowest BCUT2D eigenvalue weighted by molar-refractivity contribution is -0.141. The average molecular weight is 436 g/mol. The van der Waals surface area contributed by atoms with Crippen LogP contribution in [0.3, 0.4) is 0 Å². The van der Waals surface area contributed by atoms with Crippen LogP contribution >= 0.6 is 0 Å². The van der Waals surface area contributed by atoms with Crippen LogP contribution in [0.1, 0.15) is 25.8 Å². The van der Waals surface area contributed by atoms with E-state index >= 15 is 0 Å². The lowest BCUT2D eigenvalue weighted by atomic mass is 10.0. The van der Waals surface area contributed by atoms with Gasteiger partial charge in [0.05, 0.1) is 12.5 Å². The number of hydrogen-bond donors (Lipinski definition) is 6. The largest absolute Gasteiger partial charge is 0.481 e. The number of hydrogen-bond acceptors (Lipinski definition) is 6. The van der Waals surface area contributed by atoms with Crippen molar-refractivity contribution >= 4 is 29.7 Å². The van der Waals surface area contributed by atoms with Crippen molar-refractivity contribution in [1.82, 2.24) is 16.0 Å². The van der Waals surface area contributed by atoms with E-state index in [1.165, 1.54) is 0 Å². The summed E-state index contributed by atoms with van der Waals surface area (Å²) in [6, 6.07) is 5.01. The summed E-state index contributed by atoms with van der Waals surface area (Å²) in [4.78, 5) is 59.3. The highest BCUT2D eigenvalue weighted by Gasteiger charge is 2.30. The number of nitrogens with one attached hydrogen (secondary N) is 3. The molecule has 1 aromatic carbocycles. The van der Waals surface area contributed by atoms with Gasteiger partial charge in [-0.25, -0.2) is 0 Å². The fourth-order valence-corrected chi connectivity index (χ4v) is 2.57. The summed E-state index contributed by atoms with van der Waals surface area (Å²) in [5.41, 5.74) is 6.43. The summed E-state index contributed by atoms with van der Waals surface area (Å²) in [7, 11) is 0. The standard InChI is InChI=1S/C20H28N4O7/c1-11(2)17(21)20(31)24-14(9-15(25)26)19(30)23-13(18(29)22-10-16(27)28)8-12-6-4-3-5-7-12/h3-7,11,13-14,17H,8-10,21H2,1-2H3,(H,22,29)(H,23,30)(H,24,31)(H,25,26)(H,27,28). The summed E-state index contributed by atoms with van der Waals surface area (Å²) in [5.74, 6) is -5.23. The van der Waals surface area contributed by atoms with E-state index in [0.29, 0.717) is 5.56 Å². The molecule has 0 aliphatic carbocycles. The molecule has 0 fully saturated rings. The maximum absolute atomic E-state index is 12.7. The van der Waals surface area contributed by atoms with E-state index in [0.717, 1.165) is 0 Å². The molecule has 11 nitrogen and oxygen atoms in total. The van der Waals surface area contributed by atoms with Gasteiger partial charge in [-0.15, -0.1) is 0 Å². The normalized spacial score (nSPS) is 13.5. The van der Waals surface area contributed by atoms with Gasteiger partial charge in [-0.2, -0.15) is 0 Å². The number of carbonyl (C=O) groups is 5. The molecule has 1 aromatic rings. The topological polar surface area (TPSA) is 188 Å². The van der Waals surface area contributed by atoms with Crippen LogP contribution in [-0.4, -0.2) is 64.5 Å². The minimum atomic E-state index is -1.47. The molecule has 0 bridgehead atoms. The van der Waals surface area contributed by atoms with E-state index in [2.05, 4.69) is 16.0 Å². The van der Waals surface area contributed by atoms with Crippen LogP contribution in [0, 0.1) is 5.92 Å². The maximum Gasteiger partial charge on any atom is 0.322 e. The first-order valence-corrected chi connectivity index (χ1v) is 9.62. The van der Waals surface area contributed by atoms with E-state index in [4.69, 9.17) is 15.9 Å². The first-order chi connectivity index (χ1) is 14.5. The number of carboxylic acids is 2. The monoisotopic (exact) mass is 436 g/mol. The highest BCUT2D eigenvalue weighted by atomic mass is 16.4. The van der Waals surface area contributed by atoms with Gasteiger partial charge >= 0.3 is 11.9 Å². The number of benzene rings is 1. The van der Waals surface area contributed by atoms with E-state index < -0.39 is 60.8 Å². The molecule has 1 rings (SSSR count). The Morgan fingerprint density at radius 3 is 1.97 bits per heavy atom. The Kier molecular flexibility index (Phi) is 10.1. The number of amides is 3. The van der Waals surface area contributed by atoms with Crippen LogP contribution in [0.15, 0.2) is 30.3 Å². The molecule has 3 unspecified atom stereocenters. The molecule has 0 spiro atoms. The zero-order valence-electron chi connectivity index (χ0n) is 17.3. The average Bonchev–Trinajstić information content (AvgIpc) is 2.70. The third-order valence-corrected chi connectivity index (χ3v) is 4.36. The van der Waals surface area contributed by atoms with Crippen LogP contribution < -0.4 is 21.7 Å². The van der Waals surface area contributed by atoms with Gasteiger partial charge in [0.2, 0.25) is 17.7 Å². The van der Waals surface area contributed by atoms with Crippen LogP contribution in [0.25, 0.3) is 0 Å². The molecule has 0 saturated heterocycles. The molecule has 31 heavy (non-hydrogen) atoms. The number of nitrogens with two attached hydrogens (primary N) is 1. The molecule has 3 amide bonds. The lowest BCUT2D eigenvalue weighted by Gasteiger charge is -2.24. The van der Waals surface area contributed by atoms with E-state index in [9.17, 15) is 24.0 Å². The van der Waals surface area contributed by atoms with E-state index in [1.54, 1.807) is 44.2 Å². The second kappa shape index (κ2) is 12.3. The SMILES string of the molecule is CC(C)C(N)C(=O)NC(CC(=O)O)C(=O)NC(Cc1ccccc1)C(=O)NCC(=O)O. The lowest BCUT2D eigenvalue weighted by Crippen LogP contribution is -2.57. The van der Waals surface area contributed by atoms with Crippen molar-refractivity contribution < 1.29 is 34.2 Å². The zero-order chi connectivity index (χ0) is 23.6. The molecule has 7 N–H and O–H groups in total. The van der Waals surface area contributed by atoms with Crippen molar-refractivity contribution in [2.75, 3.05) is 6.54 Å². The van der Waals surface area contributed by atoms with Gasteiger partial charge in [-0.1, -0.05) is 44.2 Å². The maximum atomic E-state index is 12.7. The number of aliphatic carboxylic acids is 2. The fraction of sp³-hybridized carbons (Fsp3) is 0.450. The zero-order valence-corrected chi connectivity index (χ0v) is 17.3. The fourth-order valence-electron chi connectivity index (χ4n) is 2.57. The summed E-state index contributed by atoms with van der Waals surface area (Å²) in [6.45, 7) is 2.73. The number of carbonyl (C=O) groups excluding carboxylic acids is 3. The van der Waals surface area contributed by atoms with Gasteiger partial charge in [0, 0.05) is 6.42 Å². The predicted molar refractivity (Wildman–Crippen MR) is 110 cm³/mol. The van der Waals surface area contributed by atoms with Crippen LogP contribution in [-0.2, 0) is 30.4 Å². The number of carboxylic acid groups (broad SMARTS) is 2. The molecule has 0 heterocycles. The van der Waals surface area contributed by atoms with Gasteiger partial charge in [-0.3, -0.25) is 24.0 Å². The Balaban J connectivity index is 3.00.